The number of aliphatic hydroxyl groups is 1. The van der Waals surface area contributed by atoms with Gasteiger partial charge in [0.25, 0.3) is 5.69 Å². The molecule has 0 saturated carbocycles. The van der Waals surface area contributed by atoms with Crippen LogP contribution in [0.15, 0.2) is 12.3 Å². The molecule has 0 unspecified atom stereocenters. The summed E-state index contributed by atoms with van der Waals surface area (Å²) >= 11 is 1.75. The minimum atomic E-state index is -0.434. The Balaban J connectivity index is 2.35. The lowest BCUT2D eigenvalue weighted by Crippen LogP contribution is -2.07. The number of aromatic nitrogens is 1. The van der Waals surface area contributed by atoms with Gasteiger partial charge in [0.15, 0.2) is 0 Å². The second-order valence-corrected chi connectivity index (χ2v) is 4.95. The molecule has 0 spiro atoms. The van der Waals surface area contributed by atoms with E-state index in [4.69, 9.17) is 5.11 Å². The van der Waals surface area contributed by atoms with Crippen molar-refractivity contribution in [3.8, 4) is 0 Å². The van der Waals surface area contributed by atoms with E-state index in [0.29, 0.717) is 11.4 Å². The molecule has 0 saturated heterocycles. The van der Waals surface area contributed by atoms with Crippen LogP contribution in [-0.2, 0) is 0 Å². The van der Waals surface area contributed by atoms with Crippen molar-refractivity contribution in [1.29, 1.82) is 0 Å². The Morgan fingerprint density at radius 3 is 2.94 bits per heavy atom. The summed E-state index contributed by atoms with van der Waals surface area (Å²) in [6.45, 7) is 2.67. The molecule has 0 radical (unpaired) electrons. The van der Waals surface area contributed by atoms with Crippen molar-refractivity contribution >= 4 is 23.3 Å². The third-order valence-electron chi connectivity index (χ3n) is 2.28. The molecule has 0 atom stereocenters. The normalized spacial score (nSPS) is 10.3. The first-order chi connectivity index (χ1) is 8.65. The van der Waals surface area contributed by atoms with E-state index < -0.39 is 4.92 Å². The summed E-state index contributed by atoms with van der Waals surface area (Å²) in [5.41, 5.74) is 0.642. The van der Waals surface area contributed by atoms with Gasteiger partial charge in [-0.1, -0.05) is 0 Å². The Kier molecular flexibility index (Phi) is 6.45. The number of aliphatic hydroxyl groups excluding tert-OH is 1. The van der Waals surface area contributed by atoms with Crippen molar-refractivity contribution in [2.75, 3.05) is 30.0 Å². The van der Waals surface area contributed by atoms with Gasteiger partial charge in [-0.2, -0.15) is 11.8 Å². The quantitative estimate of drug-likeness (QED) is 0.426. The monoisotopic (exact) mass is 271 g/mol. The molecule has 0 amide bonds. The first-order valence-electron chi connectivity index (χ1n) is 5.68. The Morgan fingerprint density at radius 1 is 1.56 bits per heavy atom. The van der Waals surface area contributed by atoms with Gasteiger partial charge in [0.1, 0.15) is 12.0 Å². The van der Waals surface area contributed by atoms with E-state index in [0.717, 1.165) is 24.5 Å². The van der Waals surface area contributed by atoms with Crippen molar-refractivity contribution in [3.05, 3.63) is 27.9 Å². The molecule has 7 heteroatoms. The Labute approximate surface area is 110 Å². The second kappa shape index (κ2) is 7.88. The number of thioether (sulfide) groups is 1. The van der Waals surface area contributed by atoms with Crippen LogP contribution in [-0.4, -0.2) is 39.7 Å². The van der Waals surface area contributed by atoms with E-state index >= 15 is 0 Å². The smallest absolute Gasteiger partial charge is 0.290 e. The van der Waals surface area contributed by atoms with Crippen LogP contribution in [0.5, 0.6) is 0 Å². The molecule has 0 bridgehead atoms. The molecule has 0 aromatic carbocycles. The van der Waals surface area contributed by atoms with Crippen LogP contribution < -0.4 is 5.32 Å². The predicted octanol–water partition coefficient (Wildman–Crippen LogP) is 1.83. The molecule has 1 aromatic heterocycles. The summed E-state index contributed by atoms with van der Waals surface area (Å²) in [7, 11) is 0. The maximum absolute atomic E-state index is 10.6. The molecule has 1 aromatic rings. The molecule has 1 heterocycles. The summed E-state index contributed by atoms with van der Waals surface area (Å²) in [6, 6.07) is 1.68. The SMILES string of the molecule is Cc1cc(NCCSCCCO)ncc1[N+](=O)[O-]. The maximum atomic E-state index is 10.6. The number of pyridine rings is 1. The van der Waals surface area contributed by atoms with Crippen molar-refractivity contribution < 1.29 is 10.0 Å². The molecule has 0 aliphatic rings. The van der Waals surface area contributed by atoms with Crippen LogP contribution >= 0.6 is 11.8 Å². The molecule has 1 rings (SSSR count). The topological polar surface area (TPSA) is 88.3 Å². The molecule has 0 aliphatic heterocycles. The van der Waals surface area contributed by atoms with Gasteiger partial charge in [-0.3, -0.25) is 10.1 Å². The average Bonchev–Trinajstić information content (AvgIpc) is 2.33. The number of nitrogens with one attached hydrogen (secondary N) is 1. The van der Waals surface area contributed by atoms with Gasteiger partial charge in [-0.05, 0) is 25.2 Å². The Hall–Kier alpha value is -1.34. The standard InChI is InChI=1S/C11H17N3O3S/c1-9-7-11(13-8-10(9)14(16)17)12-3-6-18-5-2-4-15/h7-8,15H,2-6H2,1H3,(H,12,13). The number of hydrogen-bond donors (Lipinski definition) is 2. The van der Waals surface area contributed by atoms with E-state index in [-0.39, 0.29) is 12.3 Å². The maximum Gasteiger partial charge on any atom is 0.290 e. The van der Waals surface area contributed by atoms with Crippen molar-refractivity contribution in [2.45, 2.75) is 13.3 Å². The summed E-state index contributed by atoms with van der Waals surface area (Å²) < 4.78 is 0. The zero-order chi connectivity index (χ0) is 13.4. The van der Waals surface area contributed by atoms with Crippen molar-refractivity contribution in [1.82, 2.24) is 4.98 Å². The molecule has 0 fully saturated rings. The number of nitro groups is 1. The van der Waals surface area contributed by atoms with Crippen LogP contribution in [0.25, 0.3) is 0 Å². The molecule has 2 N–H and O–H groups in total. The molecule has 18 heavy (non-hydrogen) atoms. The van der Waals surface area contributed by atoms with E-state index in [2.05, 4.69) is 10.3 Å². The van der Waals surface area contributed by atoms with Gasteiger partial charge in [-0.25, -0.2) is 4.98 Å². The fourth-order valence-electron chi connectivity index (χ4n) is 1.36. The largest absolute Gasteiger partial charge is 0.396 e. The first kappa shape index (κ1) is 14.7. The second-order valence-electron chi connectivity index (χ2n) is 3.73. The molecule has 6 nitrogen and oxygen atoms in total. The van der Waals surface area contributed by atoms with E-state index in [1.165, 1.54) is 6.20 Å². The van der Waals surface area contributed by atoms with Gasteiger partial charge in [0.2, 0.25) is 0 Å². The highest BCUT2D eigenvalue weighted by molar-refractivity contribution is 7.99. The predicted molar refractivity (Wildman–Crippen MR) is 73.1 cm³/mol. The Morgan fingerprint density at radius 2 is 2.33 bits per heavy atom. The summed E-state index contributed by atoms with van der Waals surface area (Å²) in [4.78, 5) is 14.2. The highest BCUT2D eigenvalue weighted by Gasteiger charge is 2.10. The van der Waals surface area contributed by atoms with Crippen LogP contribution in [0.3, 0.4) is 0 Å². The van der Waals surface area contributed by atoms with E-state index in [1.807, 2.05) is 0 Å². The average molecular weight is 271 g/mol. The third-order valence-corrected chi connectivity index (χ3v) is 3.35. The van der Waals surface area contributed by atoms with Gasteiger partial charge >= 0.3 is 0 Å². The van der Waals surface area contributed by atoms with Gasteiger partial charge in [0.05, 0.1) is 4.92 Å². The fourth-order valence-corrected chi connectivity index (χ4v) is 2.14. The minimum absolute atomic E-state index is 0.0397. The van der Waals surface area contributed by atoms with Crippen LogP contribution in [0.2, 0.25) is 0 Å². The highest BCUT2D eigenvalue weighted by atomic mass is 32.2. The number of hydrogen-bond acceptors (Lipinski definition) is 6. The van der Waals surface area contributed by atoms with E-state index in [1.54, 1.807) is 24.8 Å². The van der Waals surface area contributed by atoms with Crippen LogP contribution in [0.1, 0.15) is 12.0 Å². The Bertz CT molecular complexity index is 401. The summed E-state index contributed by atoms with van der Waals surface area (Å²) in [5, 5.41) is 22.3. The minimum Gasteiger partial charge on any atom is -0.396 e. The molecular weight excluding hydrogens is 254 g/mol. The lowest BCUT2D eigenvalue weighted by molar-refractivity contribution is -0.385. The fraction of sp³-hybridized carbons (Fsp3) is 0.545. The zero-order valence-electron chi connectivity index (χ0n) is 10.3. The lowest BCUT2D eigenvalue weighted by Gasteiger charge is -2.06. The zero-order valence-corrected chi connectivity index (χ0v) is 11.1. The van der Waals surface area contributed by atoms with E-state index in [9.17, 15) is 10.1 Å². The molecule has 0 aliphatic carbocycles. The van der Waals surface area contributed by atoms with Gasteiger partial charge in [0, 0.05) is 24.5 Å². The van der Waals surface area contributed by atoms with Crippen molar-refractivity contribution in [3.63, 3.8) is 0 Å². The summed E-state index contributed by atoms with van der Waals surface area (Å²) in [6.07, 6.45) is 2.08. The van der Waals surface area contributed by atoms with Gasteiger partial charge in [-0.15, -0.1) is 0 Å². The van der Waals surface area contributed by atoms with Crippen LogP contribution in [0.4, 0.5) is 11.5 Å². The third kappa shape index (κ3) is 4.89. The number of anilines is 1. The highest BCUT2D eigenvalue weighted by Crippen LogP contribution is 2.18. The molecular formula is C11H17N3O3S. The first-order valence-corrected chi connectivity index (χ1v) is 6.84. The number of rotatable bonds is 8. The summed E-state index contributed by atoms with van der Waals surface area (Å²) in [5.74, 6) is 2.50. The van der Waals surface area contributed by atoms with Crippen molar-refractivity contribution in [2.24, 2.45) is 0 Å². The number of nitrogens with zero attached hydrogens (tertiary/aromatic N) is 2. The number of aryl methyl sites for hydroxylation is 1. The molecule has 100 valence electrons. The van der Waals surface area contributed by atoms with Gasteiger partial charge < -0.3 is 10.4 Å². The lowest BCUT2D eigenvalue weighted by atomic mass is 10.2. The van der Waals surface area contributed by atoms with Crippen LogP contribution in [0, 0.1) is 17.0 Å².